The van der Waals surface area contributed by atoms with Crippen LogP contribution in [0.5, 0.6) is 0 Å². The van der Waals surface area contributed by atoms with Gasteiger partial charge in [0, 0.05) is 46.5 Å². The molecule has 5 aromatic rings. The van der Waals surface area contributed by atoms with Gasteiger partial charge in [0.2, 0.25) is 10.0 Å². The standard InChI is InChI=1S/C32H26F5N3O4S2/c1-38-30(41)27-22-14-21(18-5-3-6-19(13-18)31-39-29-25(45-31)7-4-12-32(29,36)37)23(40(16-26(34)35)46(2,42)43)15-24(22)44-28(27)17-8-10-20(33)11-9-17/h3,5-6,8-11,13-15,26H,4,7,12,16H2,1-2H3,(H,38,41). The fourth-order valence-electron chi connectivity index (χ4n) is 5.60. The number of aromatic nitrogens is 1. The molecule has 0 spiro atoms. The van der Waals surface area contributed by atoms with Crippen LogP contribution in [0, 0.1) is 5.82 Å². The van der Waals surface area contributed by atoms with E-state index in [2.05, 4.69) is 10.3 Å². The van der Waals surface area contributed by atoms with Gasteiger partial charge in [0.1, 0.15) is 27.9 Å². The van der Waals surface area contributed by atoms with Crippen molar-refractivity contribution in [3.63, 3.8) is 0 Å². The maximum Gasteiger partial charge on any atom is 0.290 e. The van der Waals surface area contributed by atoms with Gasteiger partial charge in [-0.05, 0) is 54.8 Å². The van der Waals surface area contributed by atoms with Crippen LogP contribution in [0.3, 0.4) is 0 Å². The number of nitrogens with zero attached hydrogens (tertiary/aromatic N) is 2. The Kier molecular flexibility index (Phi) is 8.13. The van der Waals surface area contributed by atoms with Gasteiger partial charge in [-0.2, -0.15) is 8.78 Å². The number of aryl methyl sites for hydroxylation is 1. The molecule has 0 atom stereocenters. The molecule has 0 bridgehead atoms. The van der Waals surface area contributed by atoms with Crippen LogP contribution in [-0.4, -0.2) is 45.6 Å². The molecule has 0 radical (unpaired) electrons. The Bertz CT molecular complexity index is 2080. The number of furan rings is 1. The van der Waals surface area contributed by atoms with Gasteiger partial charge >= 0.3 is 0 Å². The number of hydrogen-bond donors (Lipinski definition) is 1. The van der Waals surface area contributed by atoms with E-state index in [1.807, 2.05) is 0 Å². The van der Waals surface area contributed by atoms with Gasteiger partial charge in [-0.25, -0.2) is 26.6 Å². The summed E-state index contributed by atoms with van der Waals surface area (Å²) < 4.78 is 103. The number of amides is 1. The third-order valence-electron chi connectivity index (χ3n) is 7.70. The maximum absolute atomic E-state index is 14.6. The average Bonchev–Trinajstić information content (AvgIpc) is 3.61. The topological polar surface area (TPSA) is 92.5 Å². The first kappa shape index (κ1) is 31.7. The van der Waals surface area contributed by atoms with Gasteiger partial charge in [-0.3, -0.25) is 9.10 Å². The summed E-state index contributed by atoms with van der Waals surface area (Å²) in [4.78, 5) is 17.9. The van der Waals surface area contributed by atoms with Crippen molar-refractivity contribution in [3.8, 4) is 33.0 Å². The van der Waals surface area contributed by atoms with Crippen molar-refractivity contribution in [1.29, 1.82) is 0 Å². The number of carbonyl (C=O) groups is 1. The molecule has 6 rings (SSSR count). The summed E-state index contributed by atoms with van der Waals surface area (Å²) in [5, 5.41) is 3.11. The molecule has 46 heavy (non-hydrogen) atoms. The zero-order chi connectivity index (χ0) is 33.0. The van der Waals surface area contributed by atoms with Gasteiger partial charge in [0.25, 0.3) is 18.3 Å². The van der Waals surface area contributed by atoms with E-state index in [-0.39, 0.29) is 45.7 Å². The number of hydrogen-bond acceptors (Lipinski definition) is 6. The Labute approximate surface area is 264 Å². The van der Waals surface area contributed by atoms with E-state index in [1.54, 1.807) is 24.3 Å². The van der Waals surface area contributed by atoms with Crippen molar-refractivity contribution in [1.82, 2.24) is 10.3 Å². The van der Waals surface area contributed by atoms with Crippen molar-refractivity contribution in [2.24, 2.45) is 0 Å². The molecule has 0 fully saturated rings. The summed E-state index contributed by atoms with van der Waals surface area (Å²) in [6.07, 6.45) is -1.74. The van der Waals surface area contributed by atoms with E-state index in [4.69, 9.17) is 4.42 Å². The van der Waals surface area contributed by atoms with E-state index >= 15 is 0 Å². The van der Waals surface area contributed by atoms with E-state index in [1.165, 1.54) is 43.4 Å². The first-order valence-corrected chi connectivity index (χ1v) is 16.8. The van der Waals surface area contributed by atoms with Crippen LogP contribution in [0.1, 0.15) is 33.8 Å². The van der Waals surface area contributed by atoms with E-state index in [0.717, 1.165) is 17.6 Å². The largest absolute Gasteiger partial charge is 0.455 e. The minimum Gasteiger partial charge on any atom is -0.455 e. The molecule has 1 aliphatic carbocycles. The molecular formula is C32H26F5N3O4S2. The number of fused-ring (bicyclic) bond motifs is 2. The Hall–Kier alpha value is -4.30. The van der Waals surface area contributed by atoms with Crippen LogP contribution < -0.4 is 9.62 Å². The minimum absolute atomic E-state index is 0.0191. The molecule has 1 amide bonds. The molecule has 1 N–H and O–H groups in total. The Morgan fingerprint density at radius 1 is 1.09 bits per heavy atom. The van der Waals surface area contributed by atoms with Crippen molar-refractivity contribution >= 4 is 43.9 Å². The number of nitrogens with one attached hydrogen (secondary N) is 1. The van der Waals surface area contributed by atoms with Crippen LogP contribution in [0.15, 0.2) is 65.1 Å². The van der Waals surface area contributed by atoms with E-state index in [0.29, 0.717) is 43.7 Å². The number of carbonyl (C=O) groups excluding carboxylic acids is 1. The normalized spacial score (nSPS) is 14.4. The van der Waals surface area contributed by atoms with Crippen LogP contribution in [0.2, 0.25) is 0 Å². The van der Waals surface area contributed by atoms with Crippen molar-refractivity contribution < 1.29 is 39.6 Å². The van der Waals surface area contributed by atoms with Crippen molar-refractivity contribution in [2.75, 3.05) is 24.2 Å². The Morgan fingerprint density at radius 3 is 2.46 bits per heavy atom. The maximum atomic E-state index is 14.6. The third-order valence-corrected chi connectivity index (χ3v) is 10.0. The highest BCUT2D eigenvalue weighted by Gasteiger charge is 2.40. The zero-order valence-electron chi connectivity index (χ0n) is 24.4. The summed E-state index contributed by atoms with van der Waals surface area (Å²) in [6, 6.07) is 14.4. The predicted molar refractivity (Wildman–Crippen MR) is 167 cm³/mol. The van der Waals surface area contributed by atoms with Crippen molar-refractivity contribution in [2.45, 2.75) is 31.6 Å². The van der Waals surface area contributed by atoms with Gasteiger partial charge in [0.05, 0.1) is 24.1 Å². The van der Waals surface area contributed by atoms with Crippen LogP contribution in [0.25, 0.3) is 44.0 Å². The number of benzene rings is 3. The molecule has 0 saturated heterocycles. The van der Waals surface area contributed by atoms with Crippen LogP contribution in [-0.2, 0) is 22.4 Å². The van der Waals surface area contributed by atoms with Crippen molar-refractivity contribution in [3.05, 3.63) is 82.6 Å². The molecule has 0 saturated carbocycles. The second kappa shape index (κ2) is 11.8. The van der Waals surface area contributed by atoms with Crippen LogP contribution >= 0.6 is 11.3 Å². The molecule has 1 aliphatic rings. The quantitative estimate of drug-likeness (QED) is 0.169. The molecule has 240 valence electrons. The minimum atomic E-state index is -4.27. The van der Waals surface area contributed by atoms with Gasteiger partial charge < -0.3 is 9.73 Å². The summed E-state index contributed by atoms with van der Waals surface area (Å²) in [5.74, 6) is -4.08. The fraction of sp³-hybridized carbons (Fsp3) is 0.250. The molecule has 0 unspecified atom stereocenters. The average molecular weight is 676 g/mol. The van der Waals surface area contributed by atoms with Gasteiger partial charge in [-0.15, -0.1) is 11.3 Å². The highest BCUT2D eigenvalue weighted by atomic mass is 32.2. The smallest absolute Gasteiger partial charge is 0.290 e. The highest BCUT2D eigenvalue weighted by Crippen LogP contribution is 2.46. The lowest BCUT2D eigenvalue weighted by Gasteiger charge is -2.25. The Balaban J connectivity index is 1.61. The number of thiazole rings is 1. The first-order chi connectivity index (χ1) is 21.8. The summed E-state index contributed by atoms with van der Waals surface area (Å²) in [5.41, 5.74) is 0.984. The molecule has 2 heterocycles. The van der Waals surface area contributed by atoms with Crippen LogP contribution in [0.4, 0.5) is 27.6 Å². The zero-order valence-corrected chi connectivity index (χ0v) is 26.0. The monoisotopic (exact) mass is 675 g/mol. The second-order valence-electron chi connectivity index (χ2n) is 10.9. The first-order valence-electron chi connectivity index (χ1n) is 14.1. The number of sulfonamides is 1. The summed E-state index contributed by atoms with van der Waals surface area (Å²) in [6.45, 7) is -1.17. The van der Waals surface area contributed by atoms with Gasteiger partial charge in [0.15, 0.2) is 0 Å². The molecule has 3 aromatic carbocycles. The molecule has 7 nitrogen and oxygen atoms in total. The molecular weight excluding hydrogens is 649 g/mol. The molecule has 0 aliphatic heterocycles. The fourth-order valence-corrected chi connectivity index (χ4v) is 7.65. The molecule has 2 aromatic heterocycles. The lowest BCUT2D eigenvalue weighted by Crippen LogP contribution is -2.34. The number of anilines is 1. The molecule has 14 heteroatoms. The van der Waals surface area contributed by atoms with E-state index in [9.17, 15) is 35.2 Å². The number of alkyl halides is 4. The second-order valence-corrected chi connectivity index (χ2v) is 13.9. The summed E-state index contributed by atoms with van der Waals surface area (Å²) >= 11 is 1.14. The lowest BCUT2D eigenvalue weighted by molar-refractivity contribution is -0.0251. The van der Waals surface area contributed by atoms with E-state index < -0.39 is 40.6 Å². The summed E-state index contributed by atoms with van der Waals surface area (Å²) in [7, 11) is -2.87. The predicted octanol–water partition coefficient (Wildman–Crippen LogP) is 7.85. The number of rotatable bonds is 8. The SMILES string of the molecule is CNC(=O)c1c(-c2ccc(F)cc2)oc2cc(N(CC(F)F)S(C)(=O)=O)c(-c3cccc(-c4nc5c(s4)CCCC5(F)F)c3)cc12. The number of halogens is 5. The highest BCUT2D eigenvalue weighted by molar-refractivity contribution is 7.92. The van der Waals surface area contributed by atoms with Gasteiger partial charge in [-0.1, -0.05) is 18.2 Å². The third kappa shape index (κ3) is 5.86. The Morgan fingerprint density at radius 2 is 1.80 bits per heavy atom. The lowest BCUT2D eigenvalue weighted by atomic mass is 9.97.